The van der Waals surface area contributed by atoms with Gasteiger partial charge < -0.3 is 9.84 Å². The third kappa shape index (κ3) is 2.67. The van der Waals surface area contributed by atoms with Crippen molar-refractivity contribution in [3.63, 3.8) is 0 Å². The summed E-state index contributed by atoms with van der Waals surface area (Å²) in [5.74, 6) is 1.20. The molecule has 2 heterocycles. The molecule has 2 aromatic heterocycles. The predicted molar refractivity (Wildman–Crippen MR) is 77.0 cm³/mol. The molecular weight excluding hydrogens is 252 g/mol. The van der Waals surface area contributed by atoms with Crippen molar-refractivity contribution >= 4 is 10.9 Å². The van der Waals surface area contributed by atoms with Crippen LogP contribution in [0.5, 0.6) is 0 Å². The second-order valence-corrected chi connectivity index (χ2v) is 4.96. The van der Waals surface area contributed by atoms with Crippen LogP contribution in [0.2, 0.25) is 0 Å². The summed E-state index contributed by atoms with van der Waals surface area (Å²) in [7, 11) is 0. The standard InChI is InChI=1S/C15H16N4O/c1-10(2)17-9-14-18-15(19-20-14)12-5-6-13-11(8-12)4-3-7-16-13/h3-8,10,17H,9H2,1-2H3. The van der Waals surface area contributed by atoms with Crippen molar-refractivity contribution in [2.75, 3.05) is 0 Å². The van der Waals surface area contributed by atoms with Gasteiger partial charge >= 0.3 is 0 Å². The lowest BCUT2D eigenvalue weighted by molar-refractivity contribution is 0.362. The Balaban J connectivity index is 1.87. The summed E-state index contributed by atoms with van der Waals surface area (Å²) >= 11 is 0. The first-order valence-corrected chi connectivity index (χ1v) is 6.63. The number of nitrogens with one attached hydrogen (secondary N) is 1. The number of rotatable bonds is 4. The van der Waals surface area contributed by atoms with Crippen LogP contribution in [0.25, 0.3) is 22.3 Å². The molecule has 0 unspecified atom stereocenters. The van der Waals surface area contributed by atoms with Gasteiger partial charge in [0.05, 0.1) is 12.1 Å². The zero-order valence-electron chi connectivity index (χ0n) is 11.5. The van der Waals surface area contributed by atoms with Crippen molar-refractivity contribution in [3.05, 3.63) is 42.4 Å². The van der Waals surface area contributed by atoms with Crippen molar-refractivity contribution in [3.8, 4) is 11.4 Å². The zero-order chi connectivity index (χ0) is 13.9. The number of hydrogen-bond donors (Lipinski definition) is 1. The quantitative estimate of drug-likeness (QED) is 0.788. The van der Waals surface area contributed by atoms with Crippen LogP contribution >= 0.6 is 0 Å². The molecule has 0 spiro atoms. The third-order valence-electron chi connectivity index (χ3n) is 2.99. The smallest absolute Gasteiger partial charge is 0.240 e. The third-order valence-corrected chi connectivity index (χ3v) is 2.99. The molecule has 3 rings (SSSR count). The van der Waals surface area contributed by atoms with Crippen molar-refractivity contribution < 1.29 is 4.52 Å². The van der Waals surface area contributed by atoms with Crippen molar-refractivity contribution in [1.29, 1.82) is 0 Å². The minimum absolute atomic E-state index is 0.386. The van der Waals surface area contributed by atoms with Gasteiger partial charge in [0.25, 0.3) is 0 Å². The van der Waals surface area contributed by atoms with Crippen LogP contribution in [0, 0.1) is 0 Å². The van der Waals surface area contributed by atoms with Gasteiger partial charge in [0.15, 0.2) is 0 Å². The van der Waals surface area contributed by atoms with Crippen LogP contribution in [0.3, 0.4) is 0 Å². The van der Waals surface area contributed by atoms with Gasteiger partial charge in [-0.1, -0.05) is 25.1 Å². The van der Waals surface area contributed by atoms with E-state index < -0.39 is 0 Å². The van der Waals surface area contributed by atoms with E-state index in [2.05, 4.69) is 34.3 Å². The van der Waals surface area contributed by atoms with Crippen LogP contribution in [0.4, 0.5) is 0 Å². The van der Waals surface area contributed by atoms with Gasteiger partial charge in [-0.2, -0.15) is 4.98 Å². The maximum absolute atomic E-state index is 5.24. The maximum Gasteiger partial charge on any atom is 0.240 e. The number of benzene rings is 1. The lowest BCUT2D eigenvalue weighted by atomic mass is 10.1. The molecule has 0 atom stereocenters. The van der Waals surface area contributed by atoms with E-state index in [0.29, 0.717) is 24.3 Å². The fourth-order valence-electron chi connectivity index (χ4n) is 1.95. The van der Waals surface area contributed by atoms with Gasteiger partial charge in [-0.25, -0.2) is 0 Å². The minimum Gasteiger partial charge on any atom is -0.338 e. The van der Waals surface area contributed by atoms with E-state index in [0.717, 1.165) is 16.5 Å². The Hall–Kier alpha value is -2.27. The molecule has 5 heteroatoms. The highest BCUT2D eigenvalue weighted by atomic mass is 16.5. The van der Waals surface area contributed by atoms with Crippen LogP contribution < -0.4 is 5.32 Å². The lowest BCUT2D eigenvalue weighted by Gasteiger charge is -2.03. The molecular formula is C15H16N4O. The molecule has 3 aromatic rings. The largest absolute Gasteiger partial charge is 0.338 e. The molecule has 102 valence electrons. The van der Waals surface area contributed by atoms with Gasteiger partial charge in [-0.05, 0) is 24.3 Å². The summed E-state index contributed by atoms with van der Waals surface area (Å²) < 4.78 is 5.24. The van der Waals surface area contributed by atoms with Gasteiger partial charge in [-0.15, -0.1) is 0 Å². The maximum atomic E-state index is 5.24. The van der Waals surface area contributed by atoms with Gasteiger partial charge in [0.2, 0.25) is 11.7 Å². The Kier molecular flexibility index (Phi) is 3.43. The highest BCUT2D eigenvalue weighted by Crippen LogP contribution is 2.21. The van der Waals surface area contributed by atoms with Crippen LogP contribution in [-0.2, 0) is 6.54 Å². The summed E-state index contributed by atoms with van der Waals surface area (Å²) in [5, 5.41) is 8.34. The first kappa shape index (κ1) is 12.7. The van der Waals surface area contributed by atoms with Crippen LogP contribution in [-0.4, -0.2) is 21.2 Å². The Morgan fingerprint density at radius 3 is 3.00 bits per heavy atom. The first-order valence-electron chi connectivity index (χ1n) is 6.63. The Morgan fingerprint density at radius 1 is 1.25 bits per heavy atom. The number of nitrogens with zero attached hydrogens (tertiary/aromatic N) is 3. The molecule has 5 nitrogen and oxygen atoms in total. The van der Waals surface area contributed by atoms with Crippen molar-refractivity contribution in [2.24, 2.45) is 0 Å². The molecule has 20 heavy (non-hydrogen) atoms. The number of aromatic nitrogens is 3. The van der Waals surface area contributed by atoms with Crippen molar-refractivity contribution in [1.82, 2.24) is 20.4 Å². The summed E-state index contributed by atoms with van der Waals surface area (Å²) in [5.41, 5.74) is 1.89. The predicted octanol–water partition coefficient (Wildman–Crippen LogP) is 2.78. The van der Waals surface area contributed by atoms with Crippen molar-refractivity contribution in [2.45, 2.75) is 26.4 Å². The second-order valence-electron chi connectivity index (χ2n) is 4.96. The van der Waals surface area contributed by atoms with E-state index in [1.54, 1.807) is 6.20 Å². The van der Waals surface area contributed by atoms with E-state index >= 15 is 0 Å². The molecule has 0 aliphatic rings. The molecule has 1 N–H and O–H groups in total. The fraction of sp³-hybridized carbons (Fsp3) is 0.267. The molecule has 0 saturated heterocycles. The molecule has 0 amide bonds. The summed E-state index contributed by atoms with van der Waals surface area (Å²) in [6, 6.07) is 10.3. The first-order chi connectivity index (χ1) is 9.72. The molecule has 0 bridgehead atoms. The second kappa shape index (κ2) is 5.38. The molecule has 0 saturated carbocycles. The SMILES string of the molecule is CC(C)NCc1nc(-c2ccc3ncccc3c2)no1. The Morgan fingerprint density at radius 2 is 2.15 bits per heavy atom. The van der Waals surface area contributed by atoms with E-state index in [1.807, 2.05) is 30.3 Å². The fourth-order valence-corrected chi connectivity index (χ4v) is 1.95. The topological polar surface area (TPSA) is 63.8 Å². The monoisotopic (exact) mass is 268 g/mol. The molecule has 0 fully saturated rings. The Bertz CT molecular complexity index is 720. The summed E-state index contributed by atoms with van der Waals surface area (Å²) in [4.78, 5) is 8.69. The molecule has 0 aliphatic heterocycles. The Labute approximate surface area is 117 Å². The zero-order valence-corrected chi connectivity index (χ0v) is 11.5. The molecule has 0 radical (unpaired) electrons. The molecule has 0 aliphatic carbocycles. The normalized spacial score (nSPS) is 11.3. The van der Waals surface area contributed by atoms with Crippen LogP contribution in [0.1, 0.15) is 19.7 Å². The molecule has 1 aromatic carbocycles. The highest BCUT2D eigenvalue weighted by molar-refractivity contribution is 5.82. The lowest BCUT2D eigenvalue weighted by Crippen LogP contribution is -2.21. The minimum atomic E-state index is 0.386. The average molecular weight is 268 g/mol. The van der Waals surface area contributed by atoms with E-state index in [-0.39, 0.29) is 0 Å². The van der Waals surface area contributed by atoms with E-state index in [1.165, 1.54) is 0 Å². The summed E-state index contributed by atoms with van der Waals surface area (Å²) in [6.45, 7) is 4.74. The van der Waals surface area contributed by atoms with Crippen LogP contribution in [0.15, 0.2) is 41.1 Å². The van der Waals surface area contributed by atoms with Gasteiger partial charge in [0, 0.05) is 23.2 Å². The van der Waals surface area contributed by atoms with E-state index in [9.17, 15) is 0 Å². The number of pyridine rings is 1. The number of hydrogen-bond acceptors (Lipinski definition) is 5. The summed E-state index contributed by atoms with van der Waals surface area (Å²) in [6.07, 6.45) is 1.78. The van der Waals surface area contributed by atoms with E-state index in [4.69, 9.17) is 4.52 Å². The number of fused-ring (bicyclic) bond motifs is 1. The van der Waals surface area contributed by atoms with Gasteiger partial charge in [-0.3, -0.25) is 4.98 Å². The highest BCUT2D eigenvalue weighted by Gasteiger charge is 2.09. The van der Waals surface area contributed by atoms with Gasteiger partial charge in [0.1, 0.15) is 0 Å². The average Bonchev–Trinajstić information content (AvgIpc) is 2.93.